The average molecular weight is 280 g/mol. The lowest BCUT2D eigenvalue weighted by atomic mass is 10.1. The third-order valence-electron chi connectivity index (χ3n) is 3.12. The molecule has 0 aromatic heterocycles. The first-order chi connectivity index (χ1) is 9.59. The van der Waals surface area contributed by atoms with Crippen LogP contribution in [0.5, 0.6) is 0 Å². The Kier molecular flexibility index (Phi) is 4.65. The minimum Gasteiger partial charge on any atom is -0.376 e. The Morgan fingerprint density at radius 3 is 2.95 bits per heavy atom. The van der Waals surface area contributed by atoms with Crippen LogP contribution in [0.25, 0.3) is 0 Å². The zero-order chi connectivity index (χ0) is 14.5. The second-order valence-electron chi connectivity index (χ2n) is 4.48. The number of hydrogen-bond acceptors (Lipinski definition) is 5. The Balaban J connectivity index is 2.01. The largest absolute Gasteiger partial charge is 0.376 e. The van der Waals surface area contributed by atoms with Gasteiger partial charge in [0, 0.05) is 23.7 Å². The van der Waals surface area contributed by atoms with Gasteiger partial charge in [-0.15, -0.1) is 0 Å². The first-order valence-corrected chi connectivity index (χ1v) is 6.31. The quantitative estimate of drug-likeness (QED) is 0.657. The Morgan fingerprint density at radius 1 is 1.50 bits per heavy atom. The van der Waals surface area contributed by atoms with Crippen LogP contribution in [0, 0.1) is 17.0 Å². The van der Waals surface area contributed by atoms with Crippen molar-refractivity contribution in [3.8, 4) is 0 Å². The van der Waals surface area contributed by atoms with Gasteiger partial charge < -0.3 is 14.8 Å². The maximum atomic E-state index is 12.1. The lowest BCUT2D eigenvalue weighted by Gasteiger charge is -2.23. The predicted molar refractivity (Wildman–Crippen MR) is 70.7 cm³/mol. The van der Waals surface area contributed by atoms with Crippen LogP contribution in [-0.2, 0) is 9.47 Å². The van der Waals surface area contributed by atoms with E-state index in [4.69, 9.17) is 9.47 Å². The molecule has 0 radical (unpaired) electrons. The first-order valence-electron chi connectivity index (χ1n) is 6.31. The van der Waals surface area contributed by atoms with Crippen molar-refractivity contribution < 1.29 is 19.2 Å². The van der Waals surface area contributed by atoms with Gasteiger partial charge in [-0.3, -0.25) is 14.9 Å². The van der Waals surface area contributed by atoms with Gasteiger partial charge >= 0.3 is 0 Å². The zero-order valence-electron chi connectivity index (χ0n) is 11.1. The molecule has 1 atom stereocenters. The lowest BCUT2D eigenvalue weighted by molar-refractivity contribution is -0.385. The van der Waals surface area contributed by atoms with Gasteiger partial charge in [0.1, 0.15) is 0 Å². The standard InChI is InChI=1S/C13H16N2O5/c1-9-11(3-2-4-12(9)15(17)18)13(16)14-7-10-8-19-5-6-20-10/h2-4,10H,5-8H2,1H3,(H,14,16)/t10-/m1/s1. The second kappa shape index (κ2) is 6.44. The molecule has 1 aromatic rings. The lowest BCUT2D eigenvalue weighted by Crippen LogP contribution is -2.39. The molecule has 2 rings (SSSR count). The van der Waals surface area contributed by atoms with Gasteiger partial charge in [-0.2, -0.15) is 0 Å². The fraction of sp³-hybridized carbons (Fsp3) is 0.462. The number of nitro groups is 1. The van der Waals surface area contributed by atoms with Crippen LogP contribution in [0.4, 0.5) is 5.69 Å². The van der Waals surface area contributed by atoms with Crippen molar-refractivity contribution in [2.45, 2.75) is 13.0 Å². The molecular weight excluding hydrogens is 264 g/mol. The van der Waals surface area contributed by atoms with Crippen molar-refractivity contribution in [2.24, 2.45) is 0 Å². The summed E-state index contributed by atoms with van der Waals surface area (Å²) in [6.45, 7) is 3.40. The number of benzene rings is 1. The van der Waals surface area contributed by atoms with Gasteiger partial charge in [-0.1, -0.05) is 6.07 Å². The van der Waals surface area contributed by atoms with E-state index in [1.54, 1.807) is 13.0 Å². The molecular formula is C13H16N2O5. The summed E-state index contributed by atoms with van der Waals surface area (Å²) >= 11 is 0. The maximum Gasteiger partial charge on any atom is 0.273 e. The predicted octanol–water partition coefficient (Wildman–Crippen LogP) is 1.05. The SMILES string of the molecule is Cc1c(C(=O)NC[C@@H]2COCCO2)cccc1[N+](=O)[O-]. The molecule has 1 aromatic carbocycles. The van der Waals surface area contributed by atoms with Crippen LogP contribution in [0.15, 0.2) is 18.2 Å². The van der Waals surface area contributed by atoms with Crippen molar-refractivity contribution in [3.05, 3.63) is 39.4 Å². The van der Waals surface area contributed by atoms with E-state index in [-0.39, 0.29) is 17.7 Å². The van der Waals surface area contributed by atoms with Gasteiger partial charge in [-0.25, -0.2) is 0 Å². The minimum atomic E-state index is -0.496. The van der Waals surface area contributed by atoms with Crippen LogP contribution >= 0.6 is 0 Å². The maximum absolute atomic E-state index is 12.1. The molecule has 1 heterocycles. The Bertz CT molecular complexity index is 511. The second-order valence-corrected chi connectivity index (χ2v) is 4.48. The van der Waals surface area contributed by atoms with Crippen LogP contribution < -0.4 is 5.32 Å². The highest BCUT2D eigenvalue weighted by atomic mass is 16.6. The van der Waals surface area contributed by atoms with Crippen molar-refractivity contribution >= 4 is 11.6 Å². The molecule has 0 spiro atoms. The molecule has 1 N–H and O–H groups in total. The van der Waals surface area contributed by atoms with E-state index in [0.717, 1.165) is 0 Å². The highest BCUT2D eigenvalue weighted by Crippen LogP contribution is 2.20. The fourth-order valence-corrected chi connectivity index (χ4v) is 2.02. The van der Waals surface area contributed by atoms with Gasteiger partial charge in [0.05, 0.1) is 30.8 Å². The van der Waals surface area contributed by atoms with E-state index in [1.165, 1.54) is 12.1 Å². The smallest absolute Gasteiger partial charge is 0.273 e. The molecule has 1 saturated heterocycles. The highest BCUT2D eigenvalue weighted by molar-refractivity contribution is 5.96. The summed E-state index contributed by atoms with van der Waals surface area (Å²) in [7, 11) is 0. The minimum absolute atomic E-state index is 0.0603. The molecule has 7 nitrogen and oxygen atoms in total. The summed E-state index contributed by atoms with van der Waals surface area (Å²) in [6.07, 6.45) is -0.174. The van der Waals surface area contributed by atoms with Gasteiger partial charge in [0.25, 0.3) is 11.6 Å². The number of carbonyl (C=O) groups is 1. The molecule has 0 saturated carbocycles. The molecule has 1 amide bonds. The number of hydrogen-bond donors (Lipinski definition) is 1. The third-order valence-corrected chi connectivity index (χ3v) is 3.12. The van der Waals surface area contributed by atoms with Crippen molar-refractivity contribution in [3.63, 3.8) is 0 Å². The van der Waals surface area contributed by atoms with Crippen molar-refractivity contribution in [1.29, 1.82) is 0 Å². The molecule has 0 bridgehead atoms. The van der Waals surface area contributed by atoms with E-state index in [0.29, 0.717) is 37.5 Å². The zero-order valence-corrected chi connectivity index (χ0v) is 11.1. The van der Waals surface area contributed by atoms with E-state index < -0.39 is 4.92 Å². The monoisotopic (exact) mass is 280 g/mol. The summed E-state index contributed by atoms with van der Waals surface area (Å²) in [5.41, 5.74) is 0.599. The Morgan fingerprint density at radius 2 is 2.30 bits per heavy atom. The van der Waals surface area contributed by atoms with Crippen LogP contribution in [0.1, 0.15) is 15.9 Å². The van der Waals surface area contributed by atoms with E-state index in [9.17, 15) is 14.9 Å². The summed E-state index contributed by atoms with van der Waals surface area (Å²) in [6, 6.07) is 4.44. The summed E-state index contributed by atoms with van der Waals surface area (Å²) in [5.74, 6) is -0.347. The molecule has 1 aliphatic rings. The number of nitrogens with one attached hydrogen (secondary N) is 1. The summed E-state index contributed by atoms with van der Waals surface area (Å²) in [5, 5.41) is 13.5. The van der Waals surface area contributed by atoms with Crippen LogP contribution in [0.2, 0.25) is 0 Å². The van der Waals surface area contributed by atoms with Crippen LogP contribution in [0.3, 0.4) is 0 Å². The molecule has 1 aliphatic heterocycles. The van der Waals surface area contributed by atoms with E-state index >= 15 is 0 Å². The van der Waals surface area contributed by atoms with Gasteiger partial charge in [-0.05, 0) is 13.0 Å². The number of rotatable bonds is 4. The third kappa shape index (κ3) is 3.31. The molecule has 1 fully saturated rings. The van der Waals surface area contributed by atoms with Gasteiger partial charge in [0.15, 0.2) is 0 Å². The number of nitro benzene ring substituents is 1. The topological polar surface area (TPSA) is 90.7 Å². The number of ether oxygens (including phenoxy) is 2. The number of nitrogens with zero attached hydrogens (tertiary/aromatic N) is 1. The van der Waals surface area contributed by atoms with Crippen molar-refractivity contribution in [2.75, 3.05) is 26.4 Å². The molecule has 0 aliphatic carbocycles. The molecule has 20 heavy (non-hydrogen) atoms. The van der Waals surface area contributed by atoms with Crippen LogP contribution in [-0.4, -0.2) is 43.3 Å². The first kappa shape index (κ1) is 14.4. The Hall–Kier alpha value is -1.99. The number of amides is 1. The molecule has 0 unspecified atom stereocenters. The molecule has 108 valence electrons. The number of carbonyl (C=O) groups excluding carboxylic acids is 1. The fourth-order valence-electron chi connectivity index (χ4n) is 2.02. The normalized spacial score (nSPS) is 18.6. The van der Waals surface area contributed by atoms with Crippen molar-refractivity contribution in [1.82, 2.24) is 5.32 Å². The summed E-state index contributed by atoms with van der Waals surface area (Å²) in [4.78, 5) is 22.4. The highest BCUT2D eigenvalue weighted by Gasteiger charge is 2.20. The Labute approximate surface area is 116 Å². The molecule has 7 heteroatoms. The average Bonchev–Trinajstić information content (AvgIpc) is 2.46. The van der Waals surface area contributed by atoms with Gasteiger partial charge in [0.2, 0.25) is 0 Å². The van der Waals surface area contributed by atoms with E-state index in [2.05, 4.69) is 5.32 Å². The summed E-state index contributed by atoms with van der Waals surface area (Å²) < 4.78 is 10.6. The van der Waals surface area contributed by atoms with E-state index in [1.807, 2.05) is 0 Å².